The van der Waals surface area contributed by atoms with E-state index in [0.717, 1.165) is 15.6 Å². The third-order valence-corrected chi connectivity index (χ3v) is 2.72. The van der Waals surface area contributed by atoms with E-state index in [1.54, 1.807) is 19.1 Å². The van der Waals surface area contributed by atoms with Crippen LogP contribution in [0.15, 0.2) is 53.0 Å². The topological polar surface area (TPSA) is 20.2 Å². The van der Waals surface area contributed by atoms with Gasteiger partial charge in [-0.3, -0.25) is 0 Å². The highest BCUT2D eigenvalue weighted by Crippen LogP contribution is 2.27. The van der Waals surface area contributed by atoms with Crippen molar-refractivity contribution in [3.63, 3.8) is 0 Å². The summed E-state index contributed by atoms with van der Waals surface area (Å²) in [6.45, 7) is 1.93. The summed E-state index contributed by atoms with van der Waals surface area (Å²) in [5.41, 5.74) is 2.09. The molecule has 0 saturated carbocycles. The van der Waals surface area contributed by atoms with Crippen LogP contribution in [0, 0.1) is 5.82 Å². The average Bonchev–Trinajstić information content (AvgIpc) is 2.32. The van der Waals surface area contributed by atoms with Crippen molar-refractivity contribution in [2.24, 2.45) is 0 Å². The van der Waals surface area contributed by atoms with E-state index in [0.29, 0.717) is 0 Å². The lowest BCUT2D eigenvalue weighted by atomic mass is 10.1. The standard InChI is InChI=1S/C12H8BrF.C2H6O/c13-12-4-2-1-3-11(12)9-5-7-10(14)8-6-9;1-2-3/h1-8H;3H,2H2,1H3. The Morgan fingerprint density at radius 2 is 1.59 bits per heavy atom. The molecule has 17 heavy (non-hydrogen) atoms. The molecule has 0 aliphatic heterocycles. The smallest absolute Gasteiger partial charge is 0.123 e. The first-order valence-corrected chi connectivity index (χ1v) is 6.09. The molecule has 0 fully saturated rings. The van der Waals surface area contributed by atoms with E-state index in [-0.39, 0.29) is 12.4 Å². The van der Waals surface area contributed by atoms with Gasteiger partial charge in [0, 0.05) is 11.1 Å². The van der Waals surface area contributed by atoms with Gasteiger partial charge in [-0.15, -0.1) is 0 Å². The van der Waals surface area contributed by atoms with E-state index < -0.39 is 0 Å². The van der Waals surface area contributed by atoms with Crippen molar-refractivity contribution in [3.8, 4) is 11.1 Å². The summed E-state index contributed by atoms with van der Waals surface area (Å²) < 4.78 is 13.7. The van der Waals surface area contributed by atoms with Gasteiger partial charge in [0.25, 0.3) is 0 Å². The number of aliphatic hydroxyl groups excluding tert-OH is 1. The van der Waals surface area contributed by atoms with Crippen molar-refractivity contribution >= 4 is 15.9 Å². The molecule has 0 aromatic heterocycles. The molecule has 0 saturated heterocycles. The molecule has 0 atom stereocenters. The molecule has 1 nitrogen and oxygen atoms in total. The van der Waals surface area contributed by atoms with Crippen LogP contribution in [0.4, 0.5) is 4.39 Å². The summed E-state index contributed by atoms with van der Waals surface area (Å²) in [7, 11) is 0. The molecule has 0 heterocycles. The van der Waals surface area contributed by atoms with E-state index in [2.05, 4.69) is 15.9 Å². The summed E-state index contributed by atoms with van der Waals surface area (Å²) in [5, 5.41) is 7.57. The maximum absolute atomic E-state index is 12.7. The predicted molar refractivity (Wildman–Crippen MR) is 72.3 cm³/mol. The predicted octanol–water partition coefficient (Wildman–Crippen LogP) is 4.25. The van der Waals surface area contributed by atoms with Crippen molar-refractivity contribution in [2.45, 2.75) is 6.92 Å². The lowest BCUT2D eigenvalue weighted by Crippen LogP contribution is -1.79. The van der Waals surface area contributed by atoms with E-state index in [1.165, 1.54) is 12.1 Å². The maximum Gasteiger partial charge on any atom is 0.123 e. The third-order valence-electron chi connectivity index (χ3n) is 2.03. The molecule has 0 spiro atoms. The van der Waals surface area contributed by atoms with Crippen LogP contribution in [0.25, 0.3) is 11.1 Å². The molecule has 3 heteroatoms. The first-order valence-electron chi connectivity index (χ1n) is 5.30. The second-order valence-corrected chi connectivity index (χ2v) is 4.16. The van der Waals surface area contributed by atoms with E-state index in [1.807, 2.05) is 24.3 Å². The summed E-state index contributed by atoms with van der Waals surface area (Å²) >= 11 is 3.46. The summed E-state index contributed by atoms with van der Waals surface area (Å²) in [6, 6.07) is 14.4. The van der Waals surface area contributed by atoms with Crippen LogP contribution in [0.2, 0.25) is 0 Å². The Bertz CT molecular complexity index is 454. The highest BCUT2D eigenvalue weighted by molar-refractivity contribution is 9.10. The normalized spacial score (nSPS) is 9.41. The summed E-state index contributed by atoms with van der Waals surface area (Å²) in [6.07, 6.45) is 0. The van der Waals surface area contributed by atoms with Crippen molar-refractivity contribution < 1.29 is 9.50 Å². The highest BCUT2D eigenvalue weighted by atomic mass is 79.9. The van der Waals surface area contributed by atoms with Gasteiger partial charge in [-0.05, 0) is 36.2 Å². The fourth-order valence-electron chi connectivity index (χ4n) is 1.32. The number of aliphatic hydroxyl groups is 1. The minimum Gasteiger partial charge on any atom is -0.397 e. The lowest BCUT2D eigenvalue weighted by Gasteiger charge is -2.03. The minimum absolute atomic E-state index is 0.208. The third kappa shape index (κ3) is 4.29. The number of halogens is 2. The second-order valence-electron chi connectivity index (χ2n) is 3.30. The average molecular weight is 297 g/mol. The van der Waals surface area contributed by atoms with Crippen LogP contribution in [-0.2, 0) is 0 Å². The molecule has 0 amide bonds. The molecule has 0 radical (unpaired) electrons. The Labute approximate surface area is 109 Å². The van der Waals surface area contributed by atoms with Gasteiger partial charge in [-0.25, -0.2) is 4.39 Å². The Hall–Kier alpha value is -1.19. The fraction of sp³-hybridized carbons (Fsp3) is 0.143. The molecule has 1 N–H and O–H groups in total. The SMILES string of the molecule is CCO.Fc1ccc(-c2ccccc2Br)cc1. The molecular formula is C14H14BrFO. The van der Waals surface area contributed by atoms with Crippen LogP contribution >= 0.6 is 15.9 Å². The maximum atomic E-state index is 12.7. The van der Waals surface area contributed by atoms with Gasteiger partial charge in [0.15, 0.2) is 0 Å². The molecule has 2 aromatic carbocycles. The van der Waals surface area contributed by atoms with Gasteiger partial charge in [-0.2, -0.15) is 0 Å². The zero-order valence-electron chi connectivity index (χ0n) is 9.53. The number of benzene rings is 2. The Morgan fingerprint density at radius 3 is 2.12 bits per heavy atom. The first kappa shape index (κ1) is 13.9. The molecular weight excluding hydrogens is 283 g/mol. The van der Waals surface area contributed by atoms with Crippen LogP contribution in [-0.4, -0.2) is 11.7 Å². The Kier molecular flexibility index (Phi) is 5.87. The van der Waals surface area contributed by atoms with Crippen molar-refractivity contribution in [1.82, 2.24) is 0 Å². The van der Waals surface area contributed by atoms with E-state index >= 15 is 0 Å². The zero-order valence-corrected chi connectivity index (χ0v) is 11.1. The zero-order chi connectivity index (χ0) is 12.7. The van der Waals surface area contributed by atoms with Crippen molar-refractivity contribution in [3.05, 3.63) is 58.8 Å². The van der Waals surface area contributed by atoms with Crippen LogP contribution in [0.5, 0.6) is 0 Å². The summed E-state index contributed by atoms with van der Waals surface area (Å²) in [4.78, 5) is 0. The van der Waals surface area contributed by atoms with E-state index in [9.17, 15) is 4.39 Å². The minimum atomic E-state index is -0.208. The van der Waals surface area contributed by atoms with Crippen LogP contribution < -0.4 is 0 Å². The summed E-state index contributed by atoms with van der Waals surface area (Å²) in [5.74, 6) is -0.208. The molecule has 2 aromatic rings. The quantitative estimate of drug-likeness (QED) is 0.834. The molecule has 0 aliphatic rings. The van der Waals surface area contributed by atoms with Gasteiger partial charge in [0.05, 0.1) is 0 Å². The lowest BCUT2D eigenvalue weighted by molar-refractivity contribution is 0.318. The molecule has 0 bridgehead atoms. The second kappa shape index (κ2) is 7.20. The van der Waals surface area contributed by atoms with Crippen molar-refractivity contribution in [2.75, 3.05) is 6.61 Å². The molecule has 90 valence electrons. The first-order chi connectivity index (χ1) is 8.19. The van der Waals surface area contributed by atoms with Gasteiger partial charge in [-0.1, -0.05) is 46.3 Å². The number of rotatable bonds is 1. The number of hydrogen-bond acceptors (Lipinski definition) is 1. The molecule has 0 aliphatic carbocycles. The van der Waals surface area contributed by atoms with Gasteiger partial charge in [0.2, 0.25) is 0 Å². The highest BCUT2D eigenvalue weighted by Gasteiger charge is 2.01. The Morgan fingerprint density at radius 1 is 1.06 bits per heavy atom. The van der Waals surface area contributed by atoms with Crippen LogP contribution in [0.1, 0.15) is 6.92 Å². The molecule has 0 unspecified atom stereocenters. The Balaban J connectivity index is 0.000000437. The van der Waals surface area contributed by atoms with E-state index in [4.69, 9.17) is 5.11 Å². The fourth-order valence-corrected chi connectivity index (χ4v) is 1.84. The van der Waals surface area contributed by atoms with Crippen molar-refractivity contribution in [1.29, 1.82) is 0 Å². The monoisotopic (exact) mass is 296 g/mol. The van der Waals surface area contributed by atoms with Gasteiger partial charge < -0.3 is 5.11 Å². The largest absolute Gasteiger partial charge is 0.397 e. The van der Waals surface area contributed by atoms with Gasteiger partial charge in [0.1, 0.15) is 5.82 Å². The van der Waals surface area contributed by atoms with Crippen LogP contribution in [0.3, 0.4) is 0 Å². The molecule has 2 rings (SSSR count). The van der Waals surface area contributed by atoms with Gasteiger partial charge >= 0.3 is 0 Å². The number of hydrogen-bond donors (Lipinski definition) is 1.